The van der Waals surface area contributed by atoms with E-state index in [9.17, 15) is 0 Å². The Kier molecular flexibility index (Phi) is 14.2. The molecular formula is C52H44Br2P2. The molecule has 0 saturated carbocycles. The second kappa shape index (κ2) is 19.5. The van der Waals surface area contributed by atoms with Gasteiger partial charge in [0.05, 0.1) is 12.3 Å². The molecule has 0 aliphatic rings. The molecule has 0 nitrogen and oxygen atoms in total. The SMILES string of the molecule is C(=C/c1cccc(C[P+](c2ccccc2)(c2ccccc2)c2ccccc2)c1)/c1cccc(C[P+](c2ccccc2)(c2ccccc2)c2ccccc2)c1.[Br-].[Br-]. The first-order valence-corrected chi connectivity index (χ1v) is 22.6. The molecular weight excluding hydrogens is 846 g/mol. The largest absolute Gasteiger partial charge is 1.00 e. The fraction of sp³-hybridized carbons (Fsp3) is 0.0385. The van der Waals surface area contributed by atoms with Crippen LogP contribution in [-0.2, 0) is 12.3 Å². The third-order valence-electron chi connectivity index (χ3n) is 10.4. The standard InChI is InChI=1S/C52H44P2.2BrH/c1-7-25-47(26-8-1)53(48-27-9-2-10-28-48,49-29-11-3-12-30-49)41-45-23-19-21-43(39-45)37-38-44-22-20-24-46(40-44)42-54(50-31-13-4-14-32-50,51-33-15-5-16-34-51)52-35-17-6-18-36-52;;/h1-40H,41-42H2;2*1H/q+2;;/p-2/b38-37-;;. The maximum Gasteiger partial charge on any atom is 0.116 e. The molecule has 56 heavy (non-hydrogen) atoms. The van der Waals surface area contributed by atoms with E-state index in [2.05, 4.69) is 243 Å². The molecule has 0 aliphatic heterocycles. The Morgan fingerprint density at radius 1 is 0.268 bits per heavy atom. The van der Waals surface area contributed by atoms with E-state index in [4.69, 9.17) is 0 Å². The first kappa shape index (κ1) is 41.0. The molecule has 0 fully saturated rings. The summed E-state index contributed by atoms with van der Waals surface area (Å²) in [6.07, 6.45) is 6.47. The Labute approximate surface area is 355 Å². The summed E-state index contributed by atoms with van der Waals surface area (Å²) in [6, 6.07) is 85.3. The Morgan fingerprint density at radius 3 is 0.732 bits per heavy atom. The number of hydrogen-bond donors (Lipinski definition) is 0. The van der Waals surface area contributed by atoms with E-state index in [0.717, 1.165) is 12.3 Å². The number of halogens is 2. The van der Waals surface area contributed by atoms with Crippen molar-refractivity contribution in [2.24, 2.45) is 0 Å². The van der Waals surface area contributed by atoms with Crippen molar-refractivity contribution in [3.05, 3.63) is 253 Å². The first-order valence-electron chi connectivity index (χ1n) is 18.7. The van der Waals surface area contributed by atoms with Crippen LogP contribution in [0.1, 0.15) is 22.3 Å². The Morgan fingerprint density at radius 2 is 0.500 bits per heavy atom. The topological polar surface area (TPSA) is 0 Å². The zero-order valence-corrected chi connectivity index (χ0v) is 36.1. The van der Waals surface area contributed by atoms with E-state index < -0.39 is 14.5 Å². The zero-order valence-electron chi connectivity index (χ0n) is 31.2. The fourth-order valence-electron chi connectivity index (χ4n) is 7.87. The molecule has 0 aliphatic carbocycles. The molecule has 0 spiro atoms. The van der Waals surface area contributed by atoms with Gasteiger partial charge in [0.1, 0.15) is 46.4 Å². The average molecular weight is 891 g/mol. The molecule has 0 bridgehead atoms. The second-order valence-corrected chi connectivity index (χ2v) is 20.7. The third kappa shape index (κ3) is 8.81. The monoisotopic (exact) mass is 888 g/mol. The highest BCUT2D eigenvalue weighted by Gasteiger charge is 2.46. The summed E-state index contributed by atoms with van der Waals surface area (Å²) in [6.45, 7) is 0. The first-order chi connectivity index (χ1) is 26.7. The molecule has 0 unspecified atom stereocenters. The molecule has 0 atom stereocenters. The van der Waals surface area contributed by atoms with Crippen LogP contribution in [0.15, 0.2) is 231 Å². The summed E-state index contributed by atoms with van der Waals surface area (Å²) in [5.41, 5.74) is 5.12. The summed E-state index contributed by atoms with van der Waals surface area (Å²) >= 11 is 0. The second-order valence-electron chi connectivity index (χ2n) is 13.8. The van der Waals surface area contributed by atoms with Crippen molar-refractivity contribution in [3.8, 4) is 0 Å². The fourth-order valence-corrected chi connectivity index (χ4v) is 16.3. The molecule has 8 rings (SSSR count). The lowest BCUT2D eigenvalue weighted by atomic mass is 10.1. The van der Waals surface area contributed by atoms with Crippen LogP contribution in [0.25, 0.3) is 12.2 Å². The normalized spacial score (nSPS) is 11.4. The van der Waals surface area contributed by atoms with Gasteiger partial charge in [-0.2, -0.15) is 0 Å². The molecule has 0 saturated heterocycles. The Balaban J connectivity index is 0.00000266. The lowest BCUT2D eigenvalue weighted by molar-refractivity contribution is -0.001000. The average Bonchev–Trinajstić information content (AvgIpc) is 3.26. The van der Waals surface area contributed by atoms with E-state index in [-0.39, 0.29) is 34.0 Å². The van der Waals surface area contributed by atoms with Crippen LogP contribution >= 0.6 is 14.5 Å². The van der Waals surface area contributed by atoms with Gasteiger partial charge in [0, 0.05) is 0 Å². The van der Waals surface area contributed by atoms with Crippen LogP contribution in [0.2, 0.25) is 0 Å². The van der Waals surface area contributed by atoms with Gasteiger partial charge in [0.2, 0.25) is 0 Å². The van der Waals surface area contributed by atoms with Crippen molar-refractivity contribution < 1.29 is 34.0 Å². The zero-order chi connectivity index (χ0) is 36.5. The van der Waals surface area contributed by atoms with Gasteiger partial charge in [0.25, 0.3) is 0 Å². The molecule has 0 radical (unpaired) electrons. The Bertz CT molecular complexity index is 2050. The van der Waals surface area contributed by atoms with Crippen LogP contribution in [0, 0.1) is 0 Å². The van der Waals surface area contributed by atoms with Gasteiger partial charge in [0.15, 0.2) is 0 Å². The molecule has 0 heterocycles. The molecule has 276 valence electrons. The van der Waals surface area contributed by atoms with Gasteiger partial charge in [-0.15, -0.1) is 0 Å². The molecule has 0 amide bonds. The van der Waals surface area contributed by atoms with Crippen molar-refractivity contribution in [1.29, 1.82) is 0 Å². The molecule has 8 aromatic carbocycles. The highest BCUT2D eigenvalue weighted by atomic mass is 79.9. The predicted octanol–water partition coefficient (Wildman–Crippen LogP) is 4.85. The summed E-state index contributed by atoms with van der Waals surface area (Å²) in [5.74, 6) is 0. The minimum absolute atomic E-state index is 0. The van der Waals surface area contributed by atoms with E-state index >= 15 is 0 Å². The third-order valence-corrected chi connectivity index (χ3v) is 19.1. The predicted molar refractivity (Wildman–Crippen MR) is 240 cm³/mol. The number of hydrogen-bond acceptors (Lipinski definition) is 0. The van der Waals surface area contributed by atoms with Gasteiger partial charge in [-0.3, -0.25) is 0 Å². The van der Waals surface area contributed by atoms with Crippen LogP contribution in [0.4, 0.5) is 0 Å². The molecule has 0 aromatic heterocycles. The van der Waals surface area contributed by atoms with Crippen LogP contribution in [0.3, 0.4) is 0 Å². The van der Waals surface area contributed by atoms with Crippen molar-refractivity contribution in [3.63, 3.8) is 0 Å². The van der Waals surface area contributed by atoms with Gasteiger partial charge in [-0.1, -0.05) is 158 Å². The summed E-state index contributed by atoms with van der Waals surface area (Å²) in [4.78, 5) is 0. The molecule has 4 heteroatoms. The number of benzene rings is 8. The summed E-state index contributed by atoms with van der Waals surface area (Å²) < 4.78 is 0. The maximum absolute atomic E-state index is 2.39. The summed E-state index contributed by atoms with van der Waals surface area (Å²) in [5, 5.41) is 8.42. The van der Waals surface area contributed by atoms with Gasteiger partial charge < -0.3 is 34.0 Å². The van der Waals surface area contributed by atoms with E-state index in [0.29, 0.717) is 0 Å². The van der Waals surface area contributed by atoms with E-state index in [1.54, 1.807) is 0 Å². The van der Waals surface area contributed by atoms with Crippen molar-refractivity contribution >= 4 is 58.5 Å². The van der Waals surface area contributed by atoms with Crippen molar-refractivity contribution in [2.75, 3.05) is 0 Å². The lowest BCUT2D eigenvalue weighted by Crippen LogP contribution is -3.00. The van der Waals surface area contributed by atoms with Gasteiger partial charge in [-0.05, 0) is 107 Å². The minimum Gasteiger partial charge on any atom is -1.00 e. The van der Waals surface area contributed by atoms with Crippen LogP contribution in [0.5, 0.6) is 0 Å². The lowest BCUT2D eigenvalue weighted by Gasteiger charge is -2.28. The van der Waals surface area contributed by atoms with Gasteiger partial charge >= 0.3 is 0 Å². The smallest absolute Gasteiger partial charge is 0.116 e. The Hall–Kier alpha value is -4.68. The van der Waals surface area contributed by atoms with Crippen LogP contribution in [-0.4, -0.2) is 0 Å². The minimum atomic E-state index is -2.00. The quantitative estimate of drug-likeness (QED) is 0.122. The molecule has 8 aromatic rings. The summed E-state index contributed by atoms with van der Waals surface area (Å²) in [7, 11) is -3.99. The van der Waals surface area contributed by atoms with E-state index in [1.165, 1.54) is 54.1 Å². The number of rotatable bonds is 12. The highest BCUT2D eigenvalue weighted by Crippen LogP contribution is 2.59. The van der Waals surface area contributed by atoms with Crippen molar-refractivity contribution in [2.45, 2.75) is 12.3 Å². The van der Waals surface area contributed by atoms with Gasteiger partial charge in [-0.25, -0.2) is 0 Å². The maximum atomic E-state index is 2.39. The van der Waals surface area contributed by atoms with Crippen molar-refractivity contribution in [1.82, 2.24) is 0 Å². The van der Waals surface area contributed by atoms with Crippen LogP contribution < -0.4 is 65.8 Å². The highest BCUT2D eigenvalue weighted by molar-refractivity contribution is 7.95. The molecule has 0 N–H and O–H groups in total. The van der Waals surface area contributed by atoms with E-state index in [1.807, 2.05) is 0 Å².